The number of aliphatic carboxylic acids is 1. The lowest BCUT2D eigenvalue weighted by atomic mass is 9.74. The number of hydrogen-bond acceptors (Lipinski definition) is 4. The van der Waals surface area contributed by atoms with Crippen LogP contribution in [0, 0.1) is 5.41 Å². The van der Waals surface area contributed by atoms with Crippen LogP contribution in [0.15, 0.2) is 0 Å². The van der Waals surface area contributed by atoms with Gasteiger partial charge in [0.15, 0.2) is 0 Å². The summed E-state index contributed by atoms with van der Waals surface area (Å²) >= 11 is 0. The molecule has 0 saturated heterocycles. The van der Waals surface area contributed by atoms with Gasteiger partial charge in [-0.2, -0.15) is 0 Å². The molecular weight excluding hydrogens is 276 g/mol. The highest BCUT2D eigenvalue weighted by molar-refractivity contribution is 5.79. The Morgan fingerprint density at radius 1 is 1.14 bits per heavy atom. The van der Waals surface area contributed by atoms with Gasteiger partial charge in [0, 0.05) is 13.0 Å². The number of carbonyl (C=O) groups excluding carboxylic acids is 2. The molecule has 0 aromatic carbocycles. The maximum atomic E-state index is 11.8. The van der Waals surface area contributed by atoms with Crippen molar-refractivity contribution in [3.8, 4) is 0 Å². The van der Waals surface area contributed by atoms with Crippen LogP contribution >= 0.6 is 0 Å². The van der Waals surface area contributed by atoms with E-state index in [0.717, 1.165) is 0 Å². The first-order valence-electron chi connectivity index (χ1n) is 6.99. The molecule has 0 aromatic heterocycles. The number of nitrogens with one attached hydrogen (secondary N) is 2. The highest BCUT2D eigenvalue weighted by atomic mass is 16.5. The minimum atomic E-state index is -1.12. The molecule has 0 aliphatic rings. The lowest BCUT2D eigenvalue weighted by Crippen LogP contribution is -2.59. The van der Waals surface area contributed by atoms with Crippen molar-refractivity contribution in [2.75, 3.05) is 13.2 Å². The van der Waals surface area contributed by atoms with Gasteiger partial charge in [-0.3, -0.25) is 9.59 Å². The molecule has 7 nitrogen and oxygen atoms in total. The fourth-order valence-electron chi connectivity index (χ4n) is 1.42. The van der Waals surface area contributed by atoms with E-state index in [0.29, 0.717) is 19.6 Å². The summed E-state index contributed by atoms with van der Waals surface area (Å²) in [6.45, 7) is 8.79. The summed E-state index contributed by atoms with van der Waals surface area (Å²) in [7, 11) is 0. The van der Waals surface area contributed by atoms with Gasteiger partial charge < -0.3 is 20.5 Å². The number of carboxylic acid groups (broad SMARTS) is 1. The van der Waals surface area contributed by atoms with Crippen LogP contribution in [0.1, 0.15) is 47.5 Å². The highest BCUT2D eigenvalue weighted by Gasteiger charge is 2.44. The van der Waals surface area contributed by atoms with E-state index in [-0.39, 0.29) is 12.4 Å². The average molecular weight is 302 g/mol. The number of amides is 2. The third-order valence-corrected chi connectivity index (χ3v) is 3.67. The molecule has 0 heterocycles. The zero-order valence-electron chi connectivity index (χ0n) is 13.4. The van der Waals surface area contributed by atoms with Gasteiger partial charge in [-0.1, -0.05) is 0 Å². The molecule has 0 unspecified atom stereocenters. The quantitative estimate of drug-likeness (QED) is 0.466. The largest absolute Gasteiger partial charge is 0.481 e. The van der Waals surface area contributed by atoms with Crippen molar-refractivity contribution in [1.82, 2.24) is 10.6 Å². The Bertz CT molecular complexity index is 391. The molecule has 0 fully saturated rings. The molecule has 0 atom stereocenters. The highest BCUT2D eigenvalue weighted by Crippen LogP contribution is 2.30. The summed E-state index contributed by atoms with van der Waals surface area (Å²) in [5.74, 6) is -1.29. The monoisotopic (exact) mass is 302 g/mol. The summed E-state index contributed by atoms with van der Waals surface area (Å²) in [4.78, 5) is 34.1. The van der Waals surface area contributed by atoms with E-state index in [1.807, 2.05) is 0 Å². The zero-order valence-corrected chi connectivity index (χ0v) is 13.4. The molecule has 0 saturated carbocycles. The van der Waals surface area contributed by atoms with Gasteiger partial charge >= 0.3 is 18.0 Å². The van der Waals surface area contributed by atoms with Crippen LogP contribution in [-0.2, 0) is 14.3 Å². The van der Waals surface area contributed by atoms with E-state index >= 15 is 0 Å². The van der Waals surface area contributed by atoms with Crippen LogP contribution in [0.25, 0.3) is 0 Å². The minimum absolute atomic E-state index is 0.234. The maximum absolute atomic E-state index is 11.8. The molecule has 0 aliphatic carbocycles. The van der Waals surface area contributed by atoms with Crippen LogP contribution in [0.2, 0.25) is 0 Å². The molecule has 21 heavy (non-hydrogen) atoms. The van der Waals surface area contributed by atoms with Gasteiger partial charge in [0.2, 0.25) is 0 Å². The Labute approximate surface area is 125 Å². The van der Waals surface area contributed by atoms with Crippen molar-refractivity contribution in [2.24, 2.45) is 5.41 Å². The first-order chi connectivity index (χ1) is 9.54. The zero-order chi connectivity index (χ0) is 16.7. The van der Waals surface area contributed by atoms with E-state index in [4.69, 9.17) is 4.74 Å². The standard InChI is InChI=1S/C14H26N2O5/c1-6-21-10(17)8-7-9-15-12(20)16-14(4,5)13(2,3)11(18)19/h6-9H2,1-5H3,(H,18,19)(H2,15,16,20). The fraction of sp³-hybridized carbons (Fsp3) is 0.786. The van der Waals surface area contributed by atoms with Crippen LogP contribution in [0.4, 0.5) is 4.79 Å². The Kier molecular flexibility index (Phi) is 7.18. The Morgan fingerprint density at radius 2 is 1.71 bits per heavy atom. The first-order valence-corrected chi connectivity index (χ1v) is 6.99. The molecule has 7 heteroatoms. The summed E-state index contributed by atoms with van der Waals surface area (Å²) < 4.78 is 4.77. The molecule has 122 valence electrons. The fourth-order valence-corrected chi connectivity index (χ4v) is 1.42. The van der Waals surface area contributed by atoms with Crippen molar-refractivity contribution in [3.05, 3.63) is 0 Å². The Hall–Kier alpha value is -1.79. The van der Waals surface area contributed by atoms with Gasteiger partial charge in [-0.15, -0.1) is 0 Å². The van der Waals surface area contributed by atoms with Gasteiger partial charge in [-0.25, -0.2) is 4.79 Å². The van der Waals surface area contributed by atoms with E-state index < -0.39 is 23.0 Å². The van der Waals surface area contributed by atoms with Gasteiger partial charge in [0.05, 0.1) is 17.6 Å². The van der Waals surface area contributed by atoms with Crippen LogP contribution in [-0.4, -0.2) is 41.8 Å². The molecular formula is C14H26N2O5. The van der Waals surface area contributed by atoms with Gasteiger partial charge in [0.25, 0.3) is 0 Å². The number of ether oxygens (including phenoxy) is 1. The van der Waals surface area contributed by atoms with E-state index in [1.54, 1.807) is 34.6 Å². The second kappa shape index (κ2) is 7.85. The van der Waals surface area contributed by atoms with Crippen molar-refractivity contribution in [3.63, 3.8) is 0 Å². The maximum Gasteiger partial charge on any atom is 0.315 e. The molecule has 3 N–H and O–H groups in total. The van der Waals surface area contributed by atoms with Crippen LogP contribution in [0.3, 0.4) is 0 Å². The Morgan fingerprint density at radius 3 is 2.19 bits per heavy atom. The smallest absolute Gasteiger partial charge is 0.315 e. The number of carbonyl (C=O) groups is 3. The summed E-state index contributed by atoms with van der Waals surface area (Å²) in [5.41, 5.74) is -2.04. The molecule has 0 aromatic rings. The topological polar surface area (TPSA) is 105 Å². The average Bonchev–Trinajstić information content (AvgIpc) is 2.34. The van der Waals surface area contributed by atoms with Crippen molar-refractivity contribution in [1.29, 1.82) is 0 Å². The minimum Gasteiger partial charge on any atom is -0.481 e. The summed E-state index contributed by atoms with van der Waals surface area (Å²) in [5, 5.41) is 14.4. The molecule has 0 bridgehead atoms. The number of esters is 1. The van der Waals surface area contributed by atoms with E-state index in [9.17, 15) is 19.5 Å². The third-order valence-electron chi connectivity index (χ3n) is 3.67. The van der Waals surface area contributed by atoms with Crippen molar-refractivity contribution < 1.29 is 24.2 Å². The van der Waals surface area contributed by atoms with Crippen LogP contribution in [0.5, 0.6) is 0 Å². The Balaban J connectivity index is 4.20. The SMILES string of the molecule is CCOC(=O)CCCNC(=O)NC(C)(C)C(C)(C)C(=O)O. The normalized spacial score (nSPS) is 11.7. The lowest BCUT2D eigenvalue weighted by molar-refractivity contribution is -0.150. The van der Waals surface area contributed by atoms with E-state index in [2.05, 4.69) is 10.6 Å². The molecule has 2 amide bonds. The van der Waals surface area contributed by atoms with Gasteiger partial charge in [0.1, 0.15) is 0 Å². The van der Waals surface area contributed by atoms with Crippen molar-refractivity contribution >= 4 is 18.0 Å². The van der Waals surface area contributed by atoms with Crippen LogP contribution < -0.4 is 10.6 Å². The number of carboxylic acids is 1. The van der Waals surface area contributed by atoms with Gasteiger partial charge in [-0.05, 0) is 41.0 Å². The molecule has 0 radical (unpaired) electrons. The lowest BCUT2D eigenvalue weighted by Gasteiger charge is -2.38. The summed E-state index contributed by atoms with van der Waals surface area (Å²) in [6.07, 6.45) is 0.702. The number of urea groups is 1. The second-order valence-corrected chi connectivity index (χ2v) is 5.84. The predicted molar refractivity (Wildman–Crippen MR) is 77.9 cm³/mol. The molecule has 0 rings (SSSR count). The van der Waals surface area contributed by atoms with E-state index in [1.165, 1.54) is 0 Å². The third kappa shape index (κ3) is 6.01. The number of hydrogen-bond donors (Lipinski definition) is 3. The molecule has 0 aliphatic heterocycles. The molecule has 0 spiro atoms. The second-order valence-electron chi connectivity index (χ2n) is 5.84. The summed E-state index contributed by atoms with van der Waals surface area (Å²) in [6, 6.07) is -0.460. The first kappa shape index (κ1) is 19.2. The number of rotatable bonds is 8. The van der Waals surface area contributed by atoms with Crippen molar-refractivity contribution in [2.45, 2.75) is 53.0 Å². The predicted octanol–water partition coefficient (Wildman–Crippen LogP) is 1.52.